The molecule has 0 bridgehead atoms. The number of esters is 3. The van der Waals surface area contributed by atoms with Crippen LogP contribution in [0.2, 0.25) is 0 Å². The topological polar surface area (TPSA) is 239 Å². The van der Waals surface area contributed by atoms with Crippen LogP contribution in [-0.2, 0) is 57.0 Å². The minimum atomic E-state index is -1.72. The van der Waals surface area contributed by atoms with Crippen molar-refractivity contribution in [2.45, 2.75) is 106 Å². The molecule has 1 unspecified atom stereocenters. The van der Waals surface area contributed by atoms with E-state index in [-0.39, 0.29) is 0 Å². The number of hydrogen-bond acceptors (Lipinski definition) is 17. The van der Waals surface area contributed by atoms with Crippen molar-refractivity contribution < 1.29 is 82.5 Å². The summed E-state index contributed by atoms with van der Waals surface area (Å²) in [5.41, 5.74) is -0.556. The molecule has 4 aliphatic heterocycles. The average Bonchev–Trinajstić information content (AvgIpc) is 3.78. The van der Waals surface area contributed by atoms with E-state index in [0.29, 0.717) is 0 Å². The van der Waals surface area contributed by atoms with E-state index >= 15 is 0 Å². The van der Waals surface area contributed by atoms with Gasteiger partial charge in [0, 0.05) is 25.8 Å². The van der Waals surface area contributed by atoms with Gasteiger partial charge in [-0.3, -0.25) is 9.59 Å². The van der Waals surface area contributed by atoms with Crippen molar-refractivity contribution in [1.82, 2.24) is 0 Å². The monoisotopic (exact) mass is 722 g/mol. The molecule has 4 fully saturated rings. The Morgan fingerprint density at radius 2 is 1.53 bits per heavy atom. The number of fused-ring (bicyclic) bond motifs is 3. The lowest BCUT2D eigenvalue weighted by Crippen LogP contribution is -2.62. The summed E-state index contributed by atoms with van der Waals surface area (Å²) in [6.07, 6.45) is -11.5. The van der Waals surface area contributed by atoms with Crippen LogP contribution in [0.5, 0.6) is 0 Å². The van der Waals surface area contributed by atoms with E-state index < -0.39 is 128 Å². The predicted molar refractivity (Wildman–Crippen MR) is 166 cm³/mol. The molecular weight excluding hydrogens is 680 g/mol. The minimum Gasteiger partial charge on any atom is -0.472 e. The van der Waals surface area contributed by atoms with Crippen molar-refractivity contribution in [1.29, 1.82) is 0 Å². The number of aliphatic hydroxyl groups is 5. The van der Waals surface area contributed by atoms with Gasteiger partial charge in [0.2, 0.25) is 6.29 Å². The highest BCUT2D eigenvalue weighted by molar-refractivity contribution is 5.87. The van der Waals surface area contributed by atoms with Crippen molar-refractivity contribution in [2.75, 3.05) is 13.2 Å². The highest BCUT2D eigenvalue weighted by Crippen LogP contribution is 2.61. The quantitative estimate of drug-likeness (QED) is 0.0769. The molecule has 0 aromatic heterocycles. The summed E-state index contributed by atoms with van der Waals surface area (Å²) in [5.74, 6) is -3.71. The number of carbonyl (C=O) groups excluding carboxylic acids is 3. The van der Waals surface area contributed by atoms with Crippen LogP contribution in [0.4, 0.5) is 0 Å². The molecule has 5 aliphatic rings. The van der Waals surface area contributed by atoms with Gasteiger partial charge in [-0.25, -0.2) is 4.79 Å². The van der Waals surface area contributed by atoms with Crippen molar-refractivity contribution >= 4 is 24.0 Å². The van der Waals surface area contributed by atoms with Crippen LogP contribution < -0.4 is 0 Å². The fourth-order valence-corrected chi connectivity index (χ4v) is 7.25. The van der Waals surface area contributed by atoms with Crippen molar-refractivity contribution in [3.05, 3.63) is 54.3 Å². The molecule has 51 heavy (non-hydrogen) atoms. The number of hydrogen-bond donors (Lipinski definition) is 5. The molecule has 0 amide bonds. The molecule has 17 nitrogen and oxygen atoms in total. The summed E-state index contributed by atoms with van der Waals surface area (Å²) < 4.78 is 52.6. The highest BCUT2D eigenvalue weighted by atomic mass is 16.8. The van der Waals surface area contributed by atoms with Gasteiger partial charge in [0.1, 0.15) is 36.1 Å². The minimum absolute atomic E-state index is 0.512. The first kappa shape index (κ1) is 37.3. The normalized spacial score (nSPS) is 42.7. The van der Waals surface area contributed by atoms with Gasteiger partial charge in [0.15, 0.2) is 30.9 Å². The largest absolute Gasteiger partial charge is 0.472 e. The maximum Gasteiger partial charge on any atom is 0.331 e. The number of rotatable bonds is 11. The molecule has 1 saturated carbocycles. The summed E-state index contributed by atoms with van der Waals surface area (Å²) >= 11 is 0. The standard InChI is InChI=1S/C34H42O17/c1-15-26(45-16(2)37)28(48-21(39)10-9-18-7-5-4-6-8-18)29(46-17(3)38)33(44-15)49-27-19-11-12-43-31(22(19)34(14-36)30(27)51-34)50-32-25(42)24(41)23(40)20(13-35)47-32/h4-12,15,19-20,22-33,35-36,40-42H,13-14H2,1-3H3/b10-9+/t15-,19+,20+,22?,23+,24-,25+,26-,27-,28+,29+,30-,31-,32-,33-,34+/m0/s1. The molecule has 6 rings (SSSR count). The molecule has 0 spiro atoms. The van der Waals surface area contributed by atoms with Gasteiger partial charge in [-0.1, -0.05) is 30.3 Å². The second-order valence-electron chi connectivity index (χ2n) is 13.0. The SMILES string of the molecule is CC(=O)O[C@@H]1[C@@H](OC(=O)/C=C/c2ccccc2)[C@@H](OC(C)=O)[C@H](O[C@H]2[C@@H]3C=CO[C@@H](O[C@@H]4O[C@H](CO)[C@@H](O)[C@H](O)[C@H]4O)C3[C@@]3(CO)O[C@@H]23)O[C@H]1C. The van der Waals surface area contributed by atoms with E-state index in [4.69, 9.17) is 42.6 Å². The van der Waals surface area contributed by atoms with Gasteiger partial charge in [0.05, 0.1) is 37.6 Å². The van der Waals surface area contributed by atoms with Gasteiger partial charge in [0.25, 0.3) is 0 Å². The zero-order chi connectivity index (χ0) is 36.6. The predicted octanol–water partition coefficient (Wildman–Crippen LogP) is -1.33. The van der Waals surface area contributed by atoms with Crippen LogP contribution in [0, 0.1) is 11.8 Å². The van der Waals surface area contributed by atoms with E-state index in [1.54, 1.807) is 37.3 Å². The summed E-state index contributed by atoms with van der Waals surface area (Å²) in [5, 5.41) is 51.2. The summed E-state index contributed by atoms with van der Waals surface area (Å²) in [6.45, 7) is 2.69. The van der Waals surface area contributed by atoms with Crippen LogP contribution in [0.15, 0.2) is 48.7 Å². The van der Waals surface area contributed by atoms with Gasteiger partial charge in [-0.05, 0) is 24.6 Å². The molecule has 1 aromatic rings. The number of aliphatic hydroxyl groups excluding tert-OH is 5. The van der Waals surface area contributed by atoms with Crippen molar-refractivity contribution in [3.63, 3.8) is 0 Å². The van der Waals surface area contributed by atoms with E-state index in [1.165, 1.54) is 25.3 Å². The van der Waals surface area contributed by atoms with Crippen LogP contribution >= 0.6 is 0 Å². The van der Waals surface area contributed by atoms with Crippen molar-refractivity contribution in [2.24, 2.45) is 11.8 Å². The van der Waals surface area contributed by atoms with E-state index in [1.807, 2.05) is 6.07 Å². The molecule has 5 N–H and O–H groups in total. The zero-order valence-corrected chi connectivity index (χ0v) is 27.9. The molecule has 4 heterocycles. The second kappa shape index (κ2) is 15.2. The Hall–Kier alpha value is -3.49. The third kappa shape index (κ3) is 7.41. The lowest BCUT2D eigenvalue weighted by molar-refractivity contribution is -0.347. The average molecular weight is 723 g/mol. The smallest absolute Gasteiger partial charge is 0.331 e. The van der Waals surface area contributed by atoms with E-state index in [9.17, 15) is 39.9 Å². The molecular formula is C34H42O17. The Labute approximate surface area is 292 Å². The summed E-state index contributed by atoms with van der Waals surface area (Å²) in [7, 11) is 0. The van der Waals surface area contributed by atoms with Crippen LogP contribution in [0.1, 0.15) is 26.3 Å². The van der Waals surface area contributed by atoms with Crippen LogP contribution in [0.3, 0.4) is 0 Å². The summed E-state index contributed by atoms with van der Waals surface area (Å²) in [6, 6.07) is 8.96. The van der Waals surface area contributed by atoms with Crippen molar-refractivity contribution in [3.8, 4) is 0 Å². The Morgan fingerprint density at radius 1 is 0.824 bits per heavy atom. The molecule has 1 aromatic carbocycles. The first-order valence-electron chi connectivity index (χ1n) is 16.5. The number of benzene rings is 1. The Bertz CT molecular complexity index is 1470. The number of carbonyl (C=O) groups is 3. The fraction of sp³-hybridized carbons (Fsp3) is 0.618. The third-order valence-corrected chi connectivity index (χ3v) is 9.68. The molecule has 16 atom stereocenters. The first-order chi connectivity index (χ1) is 24.4. The summed E-state index contributed by atoms with van der Waals surface area (Å²) in [4.78, 5) is 37.6. The molecule has 3 saturated heterocycles. The first-order valence-corrected chi connectivity index (χ1v) is 16.5. The van der Waals surface area contributed by atoms with Crippen LogP contribution in [-0.4, -0.2) is 142 Å². The van der Waals surface area contributed by atoms with Gasteiger partial charge in [-0.15, -0.1) is 0 Å². The number of ether oxygens (including phenoxy) is 9. The maximum absolute atomic E-state index is 13.1. The second-order valence-corrected chi connectivity index (χ2v) is 13.0. The lowest BCUT2D eigenvalue weighted by Gasteiger charge is -2.45. The molecule has 280 valence electrons. The molecule has 1 aliphatic carbocycles. The fourth-order valence-electron chi connectivity index (χ4n) is 7.25. The van der Waals surface area contributed by atoms with Gasteiger partial charge < -0.3 is 68.2 Å². The highest BCUT2D eigenvalue weighted by Gasteiger charge is 2.77. The van der Waals surface area contributed by atoms with E-state index in [2.05, 4.69) is 0 Å². The molecule has 17 heteroatoms. The number of epoxide rings is 1. The van der Waals surface area contributed by atoms with Crippen LogP contribution in [0.25, 0.3) is 6.08 Å². The van der Waals surface area contributed by atoms with Gasteiger partial charge >= 0.3 is 17.9 Å². The molecule has 0 radical (unpaired) electrons. The third-order valence-electron chi connectivity index (χ3n) is 9.68. The Balaban J connectivity index is 1.24. The zero-order valence-electron chi connectivity index (χ0n) is 27.9. The maximum atomic E-state index is 13.1. The lowest BCUT2D eigenvalue weighted by atomic mass is 9.85. The van der Waals surface area contributed by atoms with E-state index in [0.717, 1.165) is 12.5 Å². The Morgan fingerprint density at radius 3 is 2.20 bits per heavy atom. The Kier molecular flexibility index (Phi) is 11.1. The van der Waals surface area contributed by atoms with Gasteiger partial charge in [-0.2, -0.15) is 0 Å².